The molecule has 0 aromatic heterocycles. The van der Waals surface area contributed by atoms with Crippen LogP contribution in [0.3, 0.4) is 0 Å². The quantitative estimate of drug-likeness (QED) is 0.840. The van der Waals surface area contributed by atoms with Gasteiger partial charge in [0.2, 0.25) is 0 Å². The summed E-state index contributed by atoms with van der Waals surface area (Å²) in [5.41, 5.74) is 0.818. The minimum absolute atomic E-state index is 0.103. The van der Waals surface area contributed by atoms with E-state index in [0.717, 1.165) is 42.9 Å². The van der Waals surface area contributed by atoms with Crippen molar-refractivity contribution in [3.8, 4) is 11.5 Å². The second-order valence-electron chi connectivity index (χ2n) is 8.20. The maximum Gasteiger partial charge on any atom is 0.165 e. The molecule has 5 rings (SSSR count). The number of aliphatic hydroxyl groups is 1. The zero-order valence-electron chi connectivity index (χ0n) is 14.8. The van der Waals surface area contributed by atoms with Crippen molar-refractivity contribution in [2.75, 3.05) is 13.7 Å². The van der Waals surface area contributed by atoms with Crippen LogP contribution in [0.4, 0.5) is 0 Å². The Morgan fingerprint density at radius 3 is 2.58 bits per heavy atom. The summed E-state index contributed by atoms with van der Waals surface area (Å²) in [7, 11) is 1.68. The van der Waals surface area contributed by atoms with Gasteiger partial charge in [-0.05, 0) is 63.4 Å². The van der Waals surface area contributed by atoms with Gasteiger partial charge in [-0.15, -0.1) is 0 Å². The van der Waals surface area contributed by atoms with Crippen LogP contribution < -0.4 is 14.8 Å². The first kappa shape index (κ1) is 16.2. The predicted molar refractivity (Wildman–Crippen MR) is 93.4 cm³/mol. The van der Waals surface area contributed by atoms with Crippen LogP contribution in [0.15, 0.2) is 18.2 Å². The van der Waals surface area contributed by atoms with E-state index in [9.17, 15) is 5.11 Å². The topological polar surface area (TPSA) is 50.7 Å². The van der Waals surface area contributed by atoms with Gasteiger partial charge in [-0.2, -0.15) is 0 Å². The minimum Gasteiger partial charge on any atom is -0.493 e. The van der Waals surface area contributed by atoms with Gasteiger partial charge in [-0.3, -0.25) is 0 Å². The third-order valence-electron chi connectivity index (χ3n) is 6.25. The van der Waals surface area contributed by atoms with Crippen molar-refractivity contribution in [3.05, 3.63) is 23.8 Å². The van der Waals surface area contributed by atoms with E-state index in [1.54, 1.807) is 7.11 Å². The molecule has 4 fully saturated rings. The van der Waals surface area contributed by atoms with Gasteiger partial charge in [-0.1, -0.05) is 12.1 Å². The predicted octanol–water partition coefficient (Wildman–Crippen LogP) is 3.27. The summed E-state index contributed by atoms with van der Waals surface area (Å²) in [6.07, 6.45) is 6.65. The van der Waals surface area contributed by atoms with Crippen LogP contribution in [0.1, 0.15) is 51.0 Å². The Bertz CT molecular complexity index is 601. The van der Waals surface area contributed by atoms with Crippen LogP contribution in [0.5, 0.6) is 11.5 Å². The van der Waals surface area contributed by atoms with Gasteiger partial charge < -0.3 is 19.9 Å². The average molecular weight is 331 g/mol. The van der Waals surface area contributed by atoms with Crippen molar-refractivity contribution < 1.29 is 14.6 Å². The summed E-state index contributed by atoms with van der Waals surface area (Å²) < 4.78 is 11.3. The van der Waals surface area contributed by atoms with Gasteiger partial charge >= 0.3 is 0 Å². The van der Waals surface area contributed by atoms with E-state index in [4.69, 9.17) is 9.47 Å². The highest BCUT2D eigenvalue weighted by Crippen LogP contribution is 2.57. The summed E-state index contributed by atoms with van der Waals surface area (Å²) in [5, 5.41) is 14.7. The fourth-order valence-corrected chi connectivity index (χ4v) is 5.87. The van der Waals surface area contributed by atoms with Crippen molar-refractivity contribution in [1.82, 2.24) is 5.32 Å². The van der Waals surface area contributed by atoms with Gasteiger partial charge in [-0.25, -0.2) is 0 Å². The van der Waals surface area contributed by atoms with Crippen molar-refractivity contribution in [1.29, 1.82) is 0 Å². The molecular weight excluding hydrogens is 302 g/mol. The van der Waals surface area contributed by atoms with E-state index in [1.807, 2.05) is 19.1 Å². The number of rotatable bonds is 6. The zero-order valence-corrected chi connectivity index (χ0v) is 14.8. The summed E-state index contributed by atoms with van der Waals surface area (Å²) in [4.78, 5) is 0. The van der Waals surface area contributed by atoms with Gasteiger partial charge in [0.1, 0.15) is 0 Å². The molecule has 1 aromatic rings. The number of hydrogen-bond acceptors (Lipinski definition) is 4. The van der Waals surface area contributed by atoms with E-state index < -0.39 is 5.60 Å². The van der Waals surface area contributed by atoms with E-state index in [2.05, 4.69) is 11.4 Å². The number of para-hydroxylation sites is 1. The number of ether oxygens (including phenoxy) is 2. The Labute approximate surface area is 144 Å². The fourth-order valence-electron chi connectivity index (χ4n) is 5.87. The minimum atomic E-state index is -0.422. The first-order valence-electron chi connectivity index (χ1n) is 9.31. The Morgan fingerprint density at radius 2 is 1.96 bits per heavy atom. The lowest BCUT2D eigenvalue weighted by Crippen LogP contribution is -2.64. The molecule has 4 nitrogen and oxygen atoms in total. The Hall–Kier alpha value is -1.26. The van der Waals surface area contributed by atoms with Gasteiger partial charge in [0, 0.05) is 17.6 Å². The summed E-state index contributed by atoms with van der Waals surface area (Å²) >= 11 is 0. The van der Waals surface area contributed by atoms with Gasteiger partial charge in [0.25, 0.3) is 0 Å². The lowest BCUT2D eigenvalue weighted by Gasteiger charge is -2.60. The smallest absolute Gasteiger partial charge is 0.165 e. The molecular formula is C20H29NO3. The average Bonchev–Trinajstić information content (AvgIpc) is 2.51. The molecule has 132 valence electrons. The first-order chi connectivity index (χ1) is 11.5. The van der Waals surface area contributed by atoms with Crippen LogP contribution in [0, 0.1) is 11.8 Å². The Balaban J connectivity index is 1.53. The molecule has 4 saturated carbocycles. The molecule has 0 spiro atoms. The van der Waals surface area contributed by atoms with Crippen molar-refractivity contribution in [2.45, 2.75) is 63.1 Å². The SMILES string of the molecule is CCOc1c(CNC23CC4CC(CC(O)(C4)C2)C3)cccc1OC. The van der Waals surface area contributed by atoms with Crippen LogP contribution in [0.2, 0.25) is 0 Å². The summed E-state index contributed by atoms with van der Waals surface area (Å²) in [5.74, 6) is 3.03. The number of nitrogens with one attached hydrogen (secondary N) is 1. The number of hydrogen-bond donors (Lipinski definition) is 2. The molecule has 24 heavy (non-hydrogen) atoms. The highest BCUT2D eigenvalue weighted by molar-refractivity contribution is 5.46. The summed E-state index contributed by atoms with van der Waals surface area (Å²) in [6, 6.07) is 6.07. The number of benzene rings is 1. The maximum absolute atomic E-state index is 10.9. The van der Waals surface area contributed by atoms with Gasteiger partial charge in [0.15, 0.2) is 11.5 Å². The Kier molecular flexibility index (Phi) is 4.00. The molecule has 4 aliphatic rings. The molecule has 0 aliphatic heterocycles. The van der Waals surface area contributed by atoms with Crippen LogP contribution >= 0.6 is 0 Å². The zero-order chi connectivity index (χ0) is 16.8. The van der Waals surface area contributed by atoms with Crippen molar-refractivity contribution in [2.24, 2.45) is 11.8 Å². The molecule has 1 aromatic carbocycles. The fraction of sp³-hybridized carbons (Fsp3) is 0.700. The molecule has 4 aliphatic carbocycles. The molecule has 0 heterocycles. The first-order valence-corrected chi connectivity index (χ1v) is 9.31. The van der Waals surface area contributed by atoms with Crippen LogP contribution in [-0.4, -0.2) is 30.0 Å². The van der Waals surface area contributed by atoms with Crippen molar-refractivity contribution >= 4 is 0 Å². The summed E-state index contributed by atoms with van der Waals surface area (Å²) in [6.45, 7) is 3.39. The second kappa shape index (κ2) is 5.92. The Morgan fingerprint density at radius 1 is 1.21 bits per heavy atom. The standard InChI is InChI=1S/C20H29NO3/c1-3-24-18-16(5-4-6-17(18)23-2)12-21-19-8-14-7-15(9-19)11-20(22,10-14)13-19/h4-6,14-15,21-22H,3,7-13H2,1-2H3. The van der Waals surface area contributed by atoms with Crippen molar-refractivity contribution in [3.63, 3.8) is 0 Å². The van der Waals surface area contributed by atoms with E-state index in [0.29, 0.717) is 18.4 Å². The maximum atomic E-state index is 10.9. The van der Waals surface area contributed by atoms with Gasteiger partial charge in [0.05, 0.1) is 19.3 Å². The van der Waals surface area contributed by atoms with Crippen LogP contribution in [0.25, 0.3) is 0 Å². The second-order valence-corrected chi connectivity index (χ2v) is 8.20. The normalized spacial score (nSPS) is 36.8. The number of methoxy groups -OCH3 is 1. The monoisotopic (exact) mass is 331 g/mol. The third kappa shape index (κ3) is 2.80. The third-order valence-corrected chi connectivity index (χ3v) is 6.25. The van der Waals surface area contributed by atoms with Crippen LogP contribution in [-0.2, 0) is 6.54 Å². The molecule has 0 saturated heterocycles. The largest absolute Gasteiger partial charge is 0.493 e. The van der Waals surface area contributed by atoms with E-state index >= 15 is 0 Å². The lowest BCUT2D eigenvalue weighted by molar-refractivity contribution is -0.142. The molecule has 4 bridgehead atoms. The molecule has 4 heteroatoms. The van der Waals surface area contributed by atoms with E-state index in [1.165, 1.54) is 19.3 Å². The molecule has 2 N–H and O–H groups in total. The molecule has 2 unspecified atom stereocenters. The van der Waals surface area contributed by atoms with E-state index in [-0.39, 0.29) is 5.54 Å². The highest BCUT2D eigenvalue weighted by Gasteiger charge is 2.56. The molecule has 2 atom stereocenters. The highest BCUT2D eigenvalue weighted by atomic mass is 16.5. The molecule has 0 amide bonds. The molecule has 0 radical (unpaired) electrons. The lowest BCUT2D eigenvalue weighted by atomic mass is 9.51.